The fourth-order valence-electron chi connectivity index (χ4n) is 2.22. The molecule has 112 valence electrons. The highest BCUT2D eigenvalue weighted by Crippen LogP contribution is 2.30. The number of sulfonamides is 1. The number of hydrogen-bond acceptors (Lipinski definition) is 6. The number of hydrogen-bond donors (Lipinski definition) is 1. The van der Waals surface area contributed by atoms with E-state index in [2.05, 4.69) is 4.98 Å². The lowest BCUT2D eigenvalue weighted by molar-refractivity contribution is 0.0398. The predicted octanol–water partition coefficient (Wildman–Crippen LogP) is 1.37. The Balaban J connectivity index is 1.79. The first kappa shape index (κ1) is 14.5. The Hall–Kier alpha value is -1.48. The number of anilines is 1. The van der Waals surface area contributed by atoms with E-state index in [1.165, 1.54) is 6.20 Å². The summed E-state index contributed by atoms with van der Waals surface area (Å²) in [6.45, 7) is 1.90. The van der Waals surface area contributed by atoms with Crippen LogP contribution in [0.5, 0.6) is 0 Å². The summed E-state index contributed by atoms with van der Waals surface area (Å²) < 4.78 is 28.5. The molecular formula is C13H15N3O3S2. The fraction of sp³-hybridized carbons (Fsp3) is 0.308. The Morgan fingerprint density at radius 2 is 2.10 bits per heavy atom. The molecule has 0 aliphatic carbocycles. The van der Waals surface area contributed by atoms with Crippen molar-refractivity contribution in [3.63, 3.8) is 0 Å². The molecule has 3 rings (SSSR count). The van der Waals surface area contributed by atoms with Crippen LogP contribution in [0, 0.1) is 0 Å². The number of nitrogens with two attached hydrogens (primary N) is 1. The maximum absolute atomic E-state index is 11.3. The van der Waals surface area contributed by atoms with Gasteiger partial charge >= 0.3 is 0 Å². The van der Waals surface area contributed by atoms with E-state index in [1.54, 1.807) is 0 Å². The van der Waals surface area contributed by atoms with Gasteiger partial charge in [-0.15, -0.1) is 0 Å². The highest BCUT2D eigenvalue weighted by Gasteiger charge is 2.25. The lowest BCUT2D eigenvalue weighted by Gasteiger charge is -2.32. The van der Waals surface area contributed by atoms with Gasteiger partial charge in [-0.05, 0) is 5.56 Å². The van der Waals surface area contributed by atoms with E-state index >= 15 is 0 Å². The molecule has 1 aromatic carbocycles. The van der Waals surface area contributed by atoms with Gasteiger partial charge in [-0.2, -0.15) is 0 Å². The molecule has 2 N–H and O–H groups in total. The number of ether oxygens (including phenoxy) is 1. The first-order valence-corrected chi connectivity index (χ1v) is 8.80. The molecule has 2 heterocycles. The molecule has 1 aliphatic rings. The van der Waals surface area contributed by atoms with Crippen LogP contribution in [-0.4, -0.2) is 33.1 Å². The number of rotatable bonds is 3. The lowest BCUT2D eigenvalue weighted by Crippen LogP contribution is -2.38. The van der Waals surface area contributed by atoms with Crippen molar-refractivity contribution in [1.29, 1.82) is 0 Å². The highest BCUT2D eigenvalue weighted by molar-refractivity contribution is 7.91. The van der Waals surface area contributed by atoms with E-state index in [1.807, 2.05) is 35.2 Å². The van der Waals surface area contributed by atoms with Crippen LogP contribution in [0.2, 0.25) is 0 Å². The monoisotopic (exact) mass is 325 g/mol. The lowest BCUT2D eigenvalue weighted by atomic mass is 10.1. The van der Waals surface area contributed by atoms with Gasteiger partial charge in [0.05, 0.1) is 19.3 Å². The molecule has 21 heavy (non-hydrogen) atoms. The molecule has 1 aliphatic heterocycles. The second-order valence-electron chi connectivity index (χ2n) is 4.72. The Kier molecular flexibility index (Phi) is 3.94. The first-order valence-electron chi connectivity index (χ1n) is 6.44. The number of benzene rings is 1. The highest BCUT2D eigenvalue weighted by atomic mass is 32.2. The standard InChI is InChI=1S/C13H15N3O3S2/c14-21(17,18)12-8-15-13(20-12)16-6-7-19-11(9-16)10-4-2-1-3-5-10/h1-5,8,11H,6-7,9H2,(H2,14,17,18)/t11-/m0/s1. The summed E-state index contributed by atoms with van der Waals surface area (Å²) in [7, 11) is -3.69. The molecule has 8 heteroatoms. The van der Waals surface area contributed by atoms with Gasteiger partial charge in [-0.3, -0.25) is 0 Å². The molecule has 0 amide bonds. The number of morpholine rings is 1. The van der Waals surface area contributed by atoms with E-state index in [9.17, 15) is 8.42 Å². The second-order valence-corrected chi connectivity index (χ2v) is 7.52. The minimum absolute atomic E-state index is 0.0400. The summed E-state index contributed by atoms with van der Waals surface area (Å²) in [6, 6.07) is 9.95. The quantitative estimate of drug-likeness (QED) is 0.921. The molecule has 0 bridgehead atoms. The van der Waals surface area contributed by atoms with E-state index in [-0.39, 0.29) is 10.3 Å². The van der Waals surface area contributed by atoms with Gasteiger partial charge in [0.1, 0.15) is 6.10 Å². The summed E-state index contributed by atoms with van der Waals surface area (Å²) >= 11 is 1.09. The minimum Gasteiger partial charge on any atom is -0.370 e. The molecule has 0 radical (unpaired) electrons. The van der Waals surface area contributed by atoms with Crippen LogP contribution in [0.1, 0.15) is 11.7 Å². The normalized spacial score (nSPS) is 19.7. The average molecular weight is 325 g/mol. The van der Waals surface area contributed by atoms with Gasteiger partial charge in [-0.25, -0.2) is 18.5 Å². The predicted molar refractivity (Wildman–Crippen MR) is 80.8 cm³/mol. The van der Waals surface area contributed by atoms with E-state index in [0.29, 0.717) is 24.8 Å². The summed E-state index contributed by atoms with van der Waals surface area (Å²) in [4.78, 5) is 6.19. The van der Waals surface area contributed by atoms with Crippen molar-refractivity contribution in [3.05, 3.63) is 42.1 Å². The first-order chi connectivity index (χ1) is 10.0. The molecule has 1 fully saturated rings. The zero-order valence-electron chi connectivity index (χ0n) is 11.2. The fourth-order valence-corrected chi connectivity index (χ4v) is 3.79. The second kappa shape index (κ2) is 5.72. The Morgan fingerprint density at radius 3 is 2.76 bits per heavy atom. The number of primary sulfonamides is 1. The molecule has 1 saturated heterocycles. The Morgan fingerprint density at radius 1 is 1.33 bits per heavy atom. The summed E-state index contributed by atoms with van der Waals surface area (Å²) in [5, 5.41) is 5.77. The smallest absolute Gasteiger partial charge is 0.249 e. The third-order valence-electron chi connectivity index (χ3n) is 3.26. The Bertz CT molecular complexity index is 715. The van der Waals surface area contributed by atoms with Crippen molar-refractivity contribution in [2.45, 2.75) is 10.3 Å². The van der Waals surface area contributed by atoms with Gasteiger partial charge in [0.25, 0.3) is 0 Å². The molecule has 0 spiro atoms. The van der Waals surface area contributed by atoms with Gasteiger partial charge < -0.3 is 9.64 Å². The van der Waals surface area contributed by atoms with E-state index in [4.69, 9.17) is 9.88 Å². The third-order valence-corrected chi connectivity index (χ3v) is 5.73. The number of nitrogens with zero attached hydrogens (tertiary/aromatic N) is 2. The van der Waals surface area contributed by atoms with Crippen LogP contribution in [0.25, 0.3) is 0 Å². The summed E-state index contributed by atoms with van der Waals surface area (Å²) in [5.41, 5.74) is 1.10. The van der Waals surface area contributed by atoms with Gasteiger partial charge in [0.2, 0.25) is 10.0 Å². The molecule has 1 aromatic heterocycles. The summed E-state index contributed by atoms with van der Waals surface area (Å²) in [6.07, 6.45) is 1.27. The topological polar surface area (TPSA) is 85.5 Å². The van der Waals surface area contributed by atoms with Crippen molar-refractivity contribution < 1.29 is 13.2 Å². The van der Waals surface area contributed by atoms with Gasteiger partial charge in [0.15, 0.2) is 9.34 Å². The van der Waals surface area contributed by atoms with Crippen LogP contribution in [0.4, 0.5) is 5.13 Å². The van der Waals surface area contributed by atoms with Crippen molar-refractivity contribution in [1.82, 2.24) is 4.98 Å². The maximum Gasteiger partial charge on any atom is 0.249 e. The van der Waals surface area contributed by atoms with E-state index < -0.39 is 10.0 Å². The van der Waals surface area contributed by atoms with Crippen molar-refractivity contribution in [2.24, 2.45) is 5.14 Å². The van der Waals surface area contributed by atoms with Crippen LogP contribution in [-0.2, 0) is 14.8 Å². The van der Waals surface area contributed by atoms with Crippen LogP contribution in [0.15, 0.2) is 40.7 Å². The molecule has 2 aromatic rings. The summed E-state index contributed by atoms with van der Waals surface area (Å²) in [5.74, 6) is 0. The van der Waals surface area contributed by atoms with Crippen LogP contribution < -0.4 is 10.0 Å². The maximum atomic E-state index is 11.3. The van der Waals surface area contributed by atoms with Crippen molar-refractivity contribution in [3.8, 4) is 0 Å². The van der Waals surface area contributed by atoms with Crippen molar-refractivity contribution in [2.75, 3.05) is 24.6 Å². The molecular weight excluding hydrogens is 310 g/mol. The molecule has 0 saturated carbocycles. The zero-order valence-corrected chi connectivity index (χ0v) is 12.8. The third kappa shape index (κ3) is 3.24. The zero-order chi connectivity index (χ0) is 14.9. The van der Waals surface area contributed by atoms with Crippen LogP contribution >= 0.6 is 11.3 Å². The van der Waals surface area contributed by atoms with E-state index in [0.717, 1.165) is 16.9 Å². The largest absolute Gasteiger partial charge is 0.370 e. The van der Waals surface area contributed by atoms with Gasteiger partial charge in [0, 0.05) is 6.54 Å². The van der Waals surface area contributed by atoms with Gasteiger partial charge in [-0.1, -0.05) is 41.7 Å². The molecule has 1 atom stereocenters. The molecule has 6 nitrogen and oxygen atoms in total. The van der Waals surface area contributed by atoms with Crippen LogP contribution in [0.3, 0.4) is 0 Å². The number of thiazole rings is 1. The molecule has 0 unspecified atom stereocenters. The minimum atomic E-state index is -3.69. The van der Waals surface area contributed by atoms with Crippen molar-refractivity contribution >= 4 is 26.5 Å². The Labute approximate surface area is 127 Å². The average Bonchev–Trinajstić information content (AvgIpc) is 2.98. The number of aromatic nitrogens is 1. The SMILES string of the molecule is NS(=O)(=O)c1cnc(N2CCO[C@H](c3ccccc3)C2)s1.